The van der Waals surface area contributed by atoms with Crippen LogP contribution in [0.3, 0.4) is 0 Å². The highest BCUT2D eigenvalue weighted by Gasteiger charge is 2.34. The Kier molecular flexibility index (Phi) is 8.63. The SMILES string of the molecule is CSc1ccc(-c2sc(C(C)(O)c3ccc(Cl)cc3)nc2-c2cccc(-c3cc(C(C)(C)S(C)(=O)=O)cc4cccnc34)c2)cc1. The van der Waals surface area contributed by atoms with Crippen molar-refractivity contribution in [2.75, 3.05) is 12.5 Å². The number of hydrogen-bond donors (Lipinski definition) is 1. The summed E-state index contributed by atoms with van der Waals surface area (Å²) >= 11 is 9.29. The average Bonchev–Trinajstić information content (AvgIpc) is 3.51. The van der Waals surface area contributed by atoms with Crippen molar-refractivity contribution in [3.63, 3.8) is 0 Å². The fourth-order valence-corrected chi connectivity index (χ4v) is 7.61. The number of nitrogens with zero attached hydrogens (tertiary/aromatic N) is 2. The lowest BCUT2D eigenvalue weighted by Gasteiger charge is -2.24. The summed E-state index contributed by atoms with van der Waals surface area (Å²) in [6.07, 6.45) is 5.07. The lowest BCUT2D eigenvalue weighted by atomic mass is 9.92. The first kappa shape index (κ1) is 32.4. The van der Waals surface area contributed by atoms with E-state index < -0.39 is 20.2 Å². The molecule has 0 bridgehead atoms. The van der Waals surface area contributed by atoms with Gasteiger partial charge in [0.1, 0.15) is 10.6 Å². The fourth-order valence-electron chi connectivity index (χ4n) is 5.37. The highest BCUT2D eigenvalue weighted by molar-refractivity contribution is 7.98. The van der Waals surface area contributed by atoms with Gasteiger partial charge in [0.2, 0.25) is 0 Å². The molecule has 0 radical (unpaired) electrons. The molecule has 234 valence electrons. The number of pyridine rings is 1. The van der Waals surface area contributed by atoms with Gasteiger partial charge in [0.15, 0.2) is 9.84 Å². The van der Waals surface area contributed by atoms with Crippen molar-refractivity contribution in [2.24, 2.45) is 0 Å². The van der Waals surface area contributed by atoms with Gasteiger partial charge in [-0.2, -0.15) is 0 Å². The zero-order valence-electron chi connectivity index (χ0n) is 26.1. The fraction of sp³-hybridized carbons (Fsp3) is 0.189. The van der Waals surface area contributed by atoms with Crippen molar-refractivity contribution in [1.29, 1.82) is 0 Å². The van der Waals surface area contributed by atoms with Gasteiger partial charge in [-0.05, 0) is 97.8 Å². The van der Waals surface area contributed by atoms with Crippen LogP contribution in [0.2, 0.25) is 5.02 Å². The molecule has 0 aliphatic rings. The number of thioether (sulfide) groups is 1. The molecule has 9 heteroatoms. The van der Waals surface area contributed by atoms with Gasteiger partial charge < -0.3 is 5.11 Å². The number of rotatable bonds is 8. The highest BCUT2D eigenvalue weighted by Crippen LogP contribution is 2.44. The summed E-state index contributed by atoms with van der Waals surface area (Å²) in [6, 6.07) is 31.3. The van der Waals surface area contributed by atoms with Crippen LogP contribution in [0.1, 0.15) is 36.9 Å². The second kappa shape index (κ2) is 12.2. The Bertz CT molecular complexity index is 2170. The Balaban J connectivity index is 1.55. The molecule has 6 aromatic rings. The summed E-state index contributed by atoms with van der Waals surface area (Å²) in [4.78, 5) is 11.9. The van der Waals surface area contributed by atoms with Crippen LogP contribution in [0.15, 0.2) is 108 Å². The van der Waals surface area contributed by atoms with Crippen LogP contribution >= 0.6 is 34.7 Å². The van der Waals surface area contributed by atoms with E-state index >= 15 is 0 Å². The van der Waals surface area contributed by atoms with Gasteiger partial charge in [0.05, 0.1) is 20.8 Å². The van der Waals surface area contributed by atoms with Gasteiger partial charge in [-0.1, -0.05) is 60.1 Å². The van der Waals surface area contributed by atoms with E-state index in [2.05, 4.69) is 30.3 Å². The lowest BCUT2D eigenvalue weighted by Crippen LogP contribution is -2.28. The molecule has 0 spiro atoms. The molecule has 46 heavy (non-hydrogen) atoms. The number of benzene rings is 4. The largest absolute Gasteiger partial charge is 0.378 e. The number of sulfone groups is 1. The Morgan fingerprint density at radius 1 is 0.826 bits per heavy atom. The summed E-state index contributed by atoms with van der Waals surface area (Å²) in [5.74, 6) is 0. The van der Waals surface area contributed by atoms with Crippen LogP contribution in [-0.2, 0) is 20.2 Å². The molecule has 0 saturated carbocycles. The molecular weight excluding hydrogens is 652 g/mol. The zero-order chi connectivity index (χ0) is 32.9. The van der Waals surface area contributed by atoms with Crippen LogP contribution in [0.4, 0.5) is 0 Å². The molecule has 1 unspecified atom stereocenters. The number of aromatic nitrogens is 2. The molecule has 4 aromatic carbocycles. The van der Waals surface area contributed by atoms with Crippen molar-refractivity contribution in [1.82, 2.24) is 9.97 Å². The second-order valence-electron chi connectivity index (χ2n) is 12.0. The van der Waals surface area contributed by atoms with E-state index in [4.69, 9.17) is 21.6 Å². The maximum Gasteiger partial charge on any atom is 0.156 e. The minimum absolute atomic E-state index is 0.559. The smallest absolute Gasteiger partial charge is 0.156 e. The molecule has 6 rings (SSSR count). The minimum Gasteiger partial charge on any atom is -0.378 e. The minimum atomic E-state index is -3.41. The maximum atomic E-state index is 12.8. The van der Waals surface area contributed by atoms with E-state index in [-0.39, 0.29) is 0 Å². The van der Waals surface area contributed by atoms with Gasteiger partial charge in [0, 0.05) is 38.9 Å². The molecule has 5 nitrogen and oxygen atoms in total. The van der Waals surface area contributed by atoms with Crippen molar-refractivity contribution in [3.05, 3.63) is 124 Å². The van der Waals surface area contributed by atoms with Crippen LogP contribution in [0, 0.1) is 0 Å². The Labute approximate surface area is 283 Å². The molecule has 0 saturated heterocycles. The summed E-state index contributed by atoms with van der Waals surface area (Å²) in [6.45, 7) is 5.22. The number of aliphatic hydroxyl groups is 1. The topological polar surface area (TPSA) is 80.2 Å². The van der Waals surface area contributed by atoms with E-state index in [1.54, 1.807) is 50.9 Å². The van der Waals surface area contributed by atoms with Gasteiger partial charge in [-0.25, -0.2) is 13.4 Å². The summed E-state index contributed by atoms with van der Waals surface area (Å²) < 4.78 is 24.6. The third-order valence-electron chi connectivity index (χ3n) is 8.58. The molecular formula is C37H33ClN2O3S3. The molecule has 1 N–H and O–H groups in total. The lowest BCUT2D eigenvalue weighted by molar-refractivity contribution is 0.102. The maximum absolute atomic E-state index is 12.8. The number of halogens is 1. The standard InChI is InChI=1S/C37H33ClN2O3S3/c1-36(2,46(5,42)43)28-21-26-10-7-19-39-32(26)31(22-28)24-8-6-9-25(20-24)33-34(23-11-17-30(44-4)18-12-23)45-35(40-33)37(3,41)27-13-15-29(38)16-14-27/h6-22,41H,1-5H3. The normalized spacial score (nSPS) is 13.5. The summed E-state index contributed by atoms with van der Waals surface area (Å²) in [5.41, 5.74) is 5.15. The Hall–Kier alpha value is -3.53. The number of thiazole rings is 1. The number of hydrogen-bond acceptors (Lipinski definition) is 7. The highest BCUT2D eigenvalue weighted by atomic mass is 35.5. The first-order valence-electron chi connectivity index (χ1n) is 14.6. The second-order valence-corrected chi connectivity index (χ2v) is 16.8. The first-order valence-corrected chi connectivity index (χ1v) is 18.9. The van der Waals surface area contributed by atoms with E-state index in [1.807, 2.05) is 60.9 Å². The predicted octanol–water partition coefficient (Wildman–Crippen LogP) is 9.60. The average molecular weight is 685 g/mol. The van der Waals surface area contributed by atoms with Gasteiger partial charge >= 0.3 is 0 Å². The monoisotopic (exact) mass is 684 g/mol. The zero-order valence-corrected chi connectivity index (χ0v) is 29.3. The van der Waals surface area contributed by atoms with Crippen LogP contribution in [0.25, 0.3) is 43.7 Å². The van der Waals surface area contributed by atoms with Crippen molar-refractivity contribution < 1.29 is 13.5 Å². The van der Waals surface area contributed by atoms with Gasteiger partial charge in [-0.15, -0.1) is 23.1 Å². The summed E-state index contributed by atoms with van der Waals surface area (Å²) in [5, 5.41) is 13.8. The van der Waals surface area contributed by atoms with E-state index in [0.29, 0.717) is 21.2 Å². The molecule has 0 aliphatic heterocycles. The first-order chi connectivity index (χ1) is 21.8. The van der Waals surface area contributed by atoms with Crippen molar-refractivity contribution >= 4 is 55.4 Å². The molecule has 2 heterocycles. The number of fused-ring (bicyclic) bond motifs is 1. The third kappa shape index (κ3) is 6.00. The Morgan fingerprint density at radius 2 is 1.52 bits per heavy atom. The molecule has 0 aliphatic carbocycles. The Morgan fingerprint density at radius 3 is 2.20 bits per heavy atom. The molecule has 1 atom stereocenters. The molecule has 0 amide bonds. The quantitative estimate of drug-likeness (QED) is 0.161. The molecule has 2 aromatic heterocycles. The summed E-state index contributed by atoms with van der Waals surface area (Å²) in [7, 11) is -3.41. The van der Waals surface area contributed by atoms with Gasteiger partial charge in [0.25, 0.3) is 0 Å². The van der Waals surface area contributed by atoms with Crippen molar-refractivity contribution in [2.45, 2.75) is 36.0 Å². The van der Waals surface area contributed by atoms with Crippen LogP contribution in [0.5, 0.6) is 0 Å². The molecule has 0 fully saturated rings. The predicted molar refractivity (Wildman–Crippen MR) is 193 cm³/mol. The van der Waals surface area contributed by atoms with E-state index in [0.717, 1.165) is 48.6 Å². The van der Waals surface area contributed by atoms with Crippen LogP contribution in [-0.4, -0.2) is 36.0 Å². The van der Waals surface area contributed by atoms with E-state index in [9.17, 15) is 13.5 Å². The van der Waals surface area contributed by atoms with E-state index in [1.165, 1.54) is 17.6 Å². The van der Waals surface area contributed by atoms with Crippen LogP contribution < -0.4 is 0 Å². The van der Waals surface area contributed by atoms with Gasteiger partial charge in [-0.3, -0.25) is 4.98 Å². The third-order valence-corrected chi connectivity index (χ3v) is 13.0. The van der Waals surface area contributed by atoms with Crippen molar-refractivity contribution in [3.8, 4) is 32.8 Å².